The number of hydrogen-bond acceptors (Lipinski definition) is 4. The average molecular weight is 493 g/mol. The fourth-order valence-electron chi connectivity index (χ4n) is 3.05. The van der Waals surface area contributed by atoms with E-state index in [1.807, 2.05) is 18.2 Å². The van der Waals surface area contributed by atoms with Crippen LogP contribution < -0.4 is 15.0 Å². The van der Waals surface area contributed by atoms with Gasteiger partial charge in [0.25, 0.3) is 5.91 Å². The number of ether oxygens (including phenoxy) is 1. The molecule has 29 heavy (non-hydrogen) atoms. The lowest BCUT2D eigenvalue weighted by Gasteiger charge is -2.19. The monoisotopic (exact) mass is 491 g/mol. The van der Waals surface area contributed by atoms with Crippen LogP contribution in [0.4, 0.5) is 18.9 Å². The molecule has 0 radical (unpaired) electrons. The third-order valence-corrected chi connectivity index (χ3v) is 5.22. The quantitative estimate of drug-likeness (QED) is 0.635. The van der Waals surface area contributed by atoms with E-state index in [-0.39, 0.29) is 28.3 Å². The minimum absolute atomic E-state index is 0.149. The van der Waals surface area contributed by atoms with Gasteiger partial charge in [0.1, 0.15) is 5.02 Å². The summed E-state index contributed by atoms with van der Waals surface area (Å²) in [5, 5.41) is 2.68. The van der Waals surface area contributed by atoms with Gasteiger partial charge in [-0.05, 0) is 36.6 Å². The van der Waals surface area contributed by atoms with Crippen molar-refractivity contribution >= 4 is 39.1 Å². The SMILES string of the molecule is O=C(NCC1CCN(c2cccc(Br)c2)C1)c1cnc(OCC(F)(F)F)c(Cl)c1. The van der Waals surface area contributed by atoms with Crippen LogP contribution in [-0.2, 0) is 0 Å². The second kappa shape index (κ2) is 9.21. The van der Waals surface area contributed by atoms with Crippen LogP contribution in [0.2, 0.25) is 5.02 Å². The molecule has 0 bridgehead atoms. The van der Waals surface area contributed by atoms with Crippen LogP contribution in [0.3, 0.4) is 0 Å². The van der Waals surface area contributed by atoms with Crippen LogP contribution in [0.5, 0.6) is 5.88 Å². The van der Waals surface area contributed by atoms with Crippen LogP contribution in [0.1, 0.15) is 16.8 Å². The molecule has 1 aromatic heterocycles. The van der Waals surface area contributed by atoms with Crippen molar-refractivity contribution in [1.82, 2.24) is 10.3 Å². The molecule has 5 nitrogen and oxygen atoms in total. The van der Waals surface area contributed by atoms with Crippen molar-refractivity contribution in [2.24, 2.45) is 5.92 Å². The van der Waals surface area contributed by atoms with E-state index in [0.29, 0.717) is 6.54 Å². The highest BCUT2D eigenvalue weighted by molar-refractivity contribution is 9.10. The van der Waals surface area contributed by atoms with Gasteiger partial charge in [-0.15, -0.1) is 0 Å². The molecule has 1 amide bonds. The van der Waals surface area contributed by atoms with Crippen molar-refractivity contribution in [2.45, 2.75) is 12.6 Å². The van der Waals surface area contributed by atoms with Crippen molar-refractivity contribution in [1.29, 1.82) is 0 Å². The number of halogens is 5. The topological polar surface area (TPSA) is 54.5 Å². The Bertz CT molecular complexity index is 882. The molecule has 156 valence electrons. The number of pyridine rings is 1. The lowest BCUT2D eigenvalue weighted by Crippen LogP contribution is -2.31. The van der Waals surface area contributed by atoms with Gasteiger partial charge in [-0.3, -0.25) is 4.79 Å². The number of benzene rings is 1. The van der Waals surface area contributed by atoms with E-state index in [2.05, 4.69) is 41.9 Å². The molecule has 0 aliphatic carbocycles. The Morgan fingerprint density at radius 2 is 2.17 bits per heavy atom. The zero-order chi connectivity index (χ0) is 21.0. The number of alkyl halides is 3. The maximum Gasteiger partial charge on any atom is 0.422 e. The number of aromatic nitrogens is 1. The number of hydrogen-bond donors (Lipinski definition) is 1. The molecule has 1 unspecified atom stereocenters. The van der Waals surface area contributed by atoms with Gasteiger partial charge in [0, 0.05) is 36.0 Å². The number of amides is 1. The normalized spacial score (nSPS) is 16.7. The van der Waals surface area contributed by atoms with Crippen LogP contribution in [0.15, 0.2) is 41.0 Å². The van der Waals surface area contributed by atoms with Gasteiger partial charge in [-0.2, -0.15) is 13.2 Å². The van der Waals surface area contributed by atoms with Crippen molar-refractivity contribution in [3.05, 3.63) is 51.6 Å². The van der Waals surface area contributed by atoms with E-state index >= 15 is 0 Å². The summed E-state index contributed by atoms with van der Waals surface area (Å²) in [5.41, 5.74) is 1.29. The number of anilines is 1. The van der Waals surface area contributed by atoms with Crippen molar-refractivity contribution in [3.63, 3.8) is 0 Å². The fourth-order valence-corrected chi connectivity index (χ4v) is 3.66. The molecule has 1 N–H and O–H groups in total. The molecule has 1 aromatic carbocycles. The largest absolute Gasteiger partial charge is 0.467 e. The maximum atomic E-state index is 12.3. The molecule has 0 spiro atoms. The molecule has 2 aromatic rings. The summed E-state index contributed by atoms with van der Waals surface area (Å²) in [7, 11) is 0. The summed E-state index contributed by atoms with van der Waals surface area (Å²) in [5.74, 6) is -0.459. The van der Waals surface area contributed by atoms with Gasteiger partial charge in [-0.25, -0.2) is 4.98 Å². The Morgan fingerprint density at radius 3 is 2.86 bits per heavy atom. The molecular formula is C19H18BrClF3N3O2. The molecule has 0 saturated carbocycles. The van der Waals surface area contributed by atoms with Crippen LogP contribution in [0, 0.1) is 5.92 Å². The first-order chi connectivity index (χ1) is 13.7. The van der Waals surface area contributed by atoms with E-state index in [1.165, 1.54) is 6.07 Å². The van der Waals surface area contributed by atoms with Gasteiger partial charge < -0.3 is 15.0 Å². The van der Waals surface area contributed by atoms with E-state index in [1.54, 1.807) is 0 Å². The number of carbonyl (C=O) groups is 1. The first kappa shape index (κ1) is 21.7. The highest BCUT2D eigenvalue weighted by atomic mass is 79.9. The third kappa shape index (κ3) is 6.24. The third-order valence-electron chi connectivity index (χ3n) is 4.45. The molecule has 1 saturated heterocycles. The van der Waals surface area contributed by atoms with Crippen LogP contribution in [-0.4, -0.2) is 43.3 Å². The van der Waals surface area contributed by atoms with Gasteiger partial charge in [0.2, 0.25) is 5.88 Å². The smallest absolute Gasteiger partial charge is 0.422 e. The predicted molar refractivity (Wildman–Crippen MR) is 108 cm³/mol. The molecule has 1 aliphatic rings. The number of carbonyl (C=O) groups excluding carboxylic acids is 1. The Morgan fingerprint density at radius 1 is 1.38 bits per heavy atom. The van der Waals surface area contributed by atoms with Gasteiger partial charge in [-0.1, -0.05) is 33.6 Å². The first-order valence-corrected chi connectivity index (χ1v) is 10.0. The van der Waals surface area contributed by atoms with E-state index in [0.717, 1.165) is 35.9 Å². The van der Waals surface area contributed by atoms with Crippen molar-refractivity contribution in [3.8, 4) is 5.88 Å². The molecule has 10 heteroatoms. The Hall–Kier alpha value is -2.00. The summed E-state index contributed by atoms with van der Waals surface area (Å²) >= 11 is 9.35. The molecule has 2 heterocycles. The number of nitrogens with one attached hydrogen (secondary N) is 1. The zero-order valence-electron chi connectivity index (χ0n) is 15.2. The highest BCUT2D eigenvalue weighted by Crippen LogP contribution is 2.27. The Labute approximate surface area is 179 Å². The molecule has 1 aliphatic heterocycles. The fraction of sp³-hybridized carbons (Fsp3) is 0.368. The van der Waals surface area contributed by atoms with Crippen LogP contribution >= 0.6 is 27.5 Å². The zero-order valence-corrected chi connectivity index (χ0v) is 17.5. The minimum Gasteiger partial charge on any atom is -0.467 e. The summed E-state index contributed by atoms with van der Waals surface area (Å²) in [6, 6.07) is 9.29. The maximum absolute atomic E-state index is 12.3. The lowest BCUT2D eigenvalue weighted by molar-refractivity contribution is -0.154. The molecule has 1 atom stereocenters. The second-order valence-electron chi connectivity index (χ2n) is 6.71. The lowest BCUT2D eigenvalue weighted by atomic mass is 10.1. The van der Waals surface area contributed by atoms with E-state index in [9.17, 15) is 18.0 Å². The summed E-state index contributed by atoms with van der Waals surface area (Å²) in [6.07, 6.45) is -2.41. The minimum atomic E-state index is -4.49. The predicted octanol–water partition coefficient (Wildman–Crippen LogP) is 4.69. The van der Waals surface area contributed by atoms with E-state index in [4.69, 9.17) is 11.6 Å². The van der Waals surface area contributed by atoms with Gasteiger partial charge in [0.05, 0.1) is 5.56 Å². The van der Waals surface area contributed by atoms with Gasteiger partial charge >= 0.3 is 6.18 Å². The summed E-state index contributed by atoms with van der Waals surface area (Å²) < 4.78 is 42.2. The molecule has 1 fully saturated rings. The number of nitrogens with zero attached hydrogens (tertiary/aromatic N) is 2. The van der Waals surface area contributed by atoms with Crippen molar-refractivity contribution in [2.75, 3.05) is 31.1 Å². The van der Waals surface area contributed by atoms with Crippen molar-refractivity contribution < 1.29 is 22.7 Å². The molecule has 3 rings (SSSR count). The summed E-state index contributed by atoms with van der Waals surface area (Å²) in [4.78, 5) is 18.3. The van der Waals surface area contributed by atoms with E-state index < -0.39 is 12.8 Å². The van der Waals surface area contributed by atoms with Crippen LogP contribution in [0.25, 0.3) is 0 Å². The summed E-state index contributed by atoms with van der Waals surface area (Å²) in [6.45, 7) is 0.699. The Balaban J connectivity index is 1.51. The average Bonchev–Trinajstić information content (AvgIpc) is 3.13. The second-order valence-corrected chi connectivity index (χ2v) is 8.03. The standard InChI is InChI=1S/C19H18BrClF3N3O2/c20-14-2-1-3-15(7-14)27-5-4-12(10-27)8-25-17(28)13-6-16(21)18(26-9-13)29-11-19(22,23)24/h1-3,6-7,9,12H,4-5,8,10-11H2,(H,25,28). The molecular weight excluding hydrogens is 475 g/mol. The highest BCUT2D eigenvalue weighted by Gasteiger charge is 2.29. The number of rotatable bonds is 6. The van der Waals surface area contributed by atoms with Gasteiger partial charge in [0.15, 0.2) is 6.61 Å². The first-order valence-electron chi connectivity index (χ1n) is 8.85. The Kier molecular flexibility index (Phi) is 6.89.